The van der Waals surface area contributed by atoms with Crippen molar-refractivity contribution in [2.24, 2.45) is 0 Å². The maximum absolute atomic E-state index is 6.22. The van der Waals surface area contributed by atoms with Crippen LogP contribution in [0.15, 0.2) is 24.3 Å². The molecule has 1 N–H and O–H groups in total. The number of ether oxygens (including phenoxy) is 3. The van der Waals surface area contributed by atoms with Crippen LogP contribution in [-0.4, -0.2) is 52.4 Å². The van der Waals surface area contributed by atoms with Crippen molar-refractivity contribution in [1.82, 2.24) is 10.2 Å². The van der Waals surface area contributed by atoms with Crippen molar-refractivity contribution >= 4 is 22.9 Å². The topological polar surface area (TPSA) is 43.0 Å². The van der Waals surface area contributed by atoms with E-state index in [0.29, 0.717) is 17.2 Å². The third kappa shape index (κ3) is 3.72. The van der Waals surface area contributed by atoms with Crippen LogP contribution in [0.1, 0.15) is 16.5 Å². The highest BCUT2D eigenvalue weighted by molar-refractivity contribution is 7.16. The lowest BCUT2D eigenvalue weighted by atomic mass is 10.0. The van der Waals surface area contributed by atoms with Gasteiger partial charge in [-0.3, -0.25) is 4.90 Å². The van der Waals surface area contributed by atoms with E-state index in [0.717, 1.165) is 36.1 Å². The number of hydrogen-bond donors (Lipinski definition) is 1. The Balaban J connectivity index is 2.12. The van der Waals surface area contributed by atoms with Gasteiger partial charge in [0.15, 0.2) is 11.5 Å². The predicted molar refractivity (Wildman–Crippen MR) is 102 cm³/mol. The van der Waals surface area contributed by atoms with Crippen LogP contribution in [0.3, 0.4) is 0 Å². The van der Waals surface area contributed by atoms with Gasteiger partial charge >= 0.3 is 0 Å². The van der Waals surface area contributed by atoms with Crippen LogP contribution >= 0.6 is 22.9 Å². The summed E-state index contributed by atoms with van der Waals surface area (Å²) in [4.78, 5) is 3.64. The molecule has 1 aromatic carbocycles. The van der Waals surface area contributed by atoms with Crippen LogP contribution in [0.25, 0.3) is 0 Å². The number of rotatable bonds is 6. The van der Waals surface area contributed by atoms with E-state index >= 15 is 0 Å². The van der Waals surface area contributed by atoms with E-state index in [-0.39, 0.29) is 6.04 Å². The minimum atomic E-state index is 0.0642. The molecule has 1 saturated heterocycles. The standard InChI is InChI=1S/C18H23ClN2O3S/c1-22-13-5-4-12(17(23-2)18(13)24-3)16(14-6-7-15(19)25-14)21-10-8-20-9-11-21/h4-7,16,20H,8-11H2,1-3H3. The van der Waals surface area contributed by atoms with Gasteiger partial charge in [-0.2, -0.15) is 0 Å². The quantitative estimate of drug-likeness (QED) is 0.829. The first-order valence-corrected chi connectivity index (χ1v) is 9.38. The number of piperazine rings is 1. The number of benzene rings is 1. The molecule has 0 saturated carbocycles. The summed E-state index contributed by atoms with van der Waals surface area (Å²) in [7, 11) is 4.92. The maximum Gasteiger partial charge on any atom is 0.203 e. The minimum Gasteiger partial charge on any atom is -0.493 e. The minimum absolute atomic E-state index is 0.0642. The van der Waals surface area contributed by atoms with Gasteiger partial charge in [-0.15, -0.1) is 11.3 Å². The monoisotopic (exact) mass is 382 g/mol. The molecule has 2 aromatic rings. The third-order valence-corrected chi connectivity index (χ3v) is 5.69. The lowest BCUT2D eigenvalue weighted by Crippen LogP contribution is -2.45. The van der Waals surface area contributed by atoms with E-state index in [1.807, 2.05) is 12.1 Å². The summed E-state index contributed by atoms with van der Waals surface area (Å²) >= 11 is 7.83. The molecule has 1 aliphatic rings. The van der Waals surface area contributed by atoms with Gasteiger partial charge in [0.2, 0.25) is 5.75 Å². The summed E-state index contributed by atoms with van der Waals surface area (Å²) in [6, 6.07) is 8.09. The van der Waals surface area contributed by atoms with Crippen molar-refractivity contribution in [3.8, 4) is 17.2 Å². The van der Waals surface area contributed by atoms with Gasteiger partial charge in [0, 0.05) is 36.6 Å². The van der Waals surface area contributed by atoms with E-state index in [1.54, 1.807) is 32.7 Å². The molecule has 0 radical (unpaired) electrons. The van der Waals surface area contributed by atoms with Crippen LogP contribution in [0.4, 0.5) is 0 Å². The average Bonchev–Trinajstić information content (AvgIpc) is 3.08. The molecule has 1 aliphatic heterocycles. The van der Waals surface area contributed by atoms with Gasteiger partial charge in [0.1, 0.15) is 0 Å². The molecule has 0 spiro atoms. The van der Waals surface area contributed by atoms with Gasteiger partial charge < -0.3 is 19.5 Å². The predicted octanol–water partition coefficient (Wildman–Crippen LogP) is 3.42. The molecular weight excluding hydrogens is 360 g/mol. The molecule has 25 heavy (non-hydrogen) atoms. The molecule has 5 nitrogen and oxygen atoms in total. The van der Waals surface area contributed by atoms with Gasteiger partial charge in [-0.1, -0.05) is 11.6 Å². The summed E-state index contributed by atoms with van der Waals surface area (Å²) in [6.07, 6.45) is 0. The summed E-state index contributed by atoms with van der Waals surface area (Å²) in [5.74, 6) is 1.98. The molecule has 1 unspecified atom stereocenters. The first-order chi connectivity index (χ1) is 12.2. The first kappa shape index (κ1) is 18.3. The van der Waals surface area contributed by atoms with E-state index in [2.05, 4.69) is 22.3 Å². The smallest absolute Gasteiger partial charge is 0.203 e. The molecule has 0 bridgehead atoms. The zero-order chi connectivity index (χ0) is 17.8. The fourth-order valence-electron chi connectivity index (χ4n) is 3.29. The molecule has 1 fully saturated rings. The molecule has 2 heterocycles. The maximum atomic E-state index is 6.22. The van der Waals surface area contributed by atoms with Crippen molar-refractivity contribution in [1.29, 1.82) is 0 Å². The molecule has 136 valence electrons. The van der Waals surface area contributed by atoms with E-state index < -0.39 is 0 Å². The van der Waals surface area contributed by atoms with E-state index in [1.165, 1.54) is 4.88 Å². The molecule has 1 atom stereocenters. The Hall–Kier alpha value is -1.47. The second kappa shape index (κ2) is 8.27. The normalized spacial score (nSPS) is 16.5. The highest BCUT2D eigenvalue weighted by Crippen LogP contribution is 2.46. The molecule has 3 rings (SSSR count). The molecule has 1 aromatic heterocycles. The lowest BCUT2D eigenvalue weighted by Gasteiger charge is -2.35. The Morgan fingerprint density at radius 1 is 1.00 bits per heavy atom. The molecule has 7 heteroatoms. The van der Waals surface area contributed by atoms with Crippen molar-refractivity contribution in [3.05, 3.63) is 39.0 Å². The lowest BCUT2D eigenvalue weighted by molar-refractivity contribution is 0.196. The molecular formula is C18H23ClN2O3S. The van der Waals surface area contributed by atoms with Gasteiger partial charge in [0.05, 0.1) is 31.7 Å². The number of nitrogens with one attached hydrogen (secondary N) is 1. The largest absolute Gasteiger partial charge is 0.493 e. The summed E-state index contributed by atoms with van der Waals surface area (Å²) in [5, 5.41) is 3.41. The average molecular weight is 383 g/mol. The van der Waals surface area contributed by atoms with Crippen LogP contribution in [0, 0.1) is 0 Å². The zero-order valence-electron chi connectivity index (χ0n) is 14.7. The summed E-state index contributed by atoms with van der Waals surface area (Å²) in [5.41, 5.74) is 1.06. The number of nitrogens with zero attached hydrogens (tertiary/aromatic N) is 1. The number of halogens is 1. The fraction of sp³-hybridized carbons (Fsp3) is 0.444. The van der Waals surface area contributed by atoms with E-state index in [9.17, 15) is 0 Å². The number of methoxy groups -OCH3 is 3. The van der Waals surface area contributed by atoms with Gasteiger partial charge in [-0.25, -0.2) is 0 Å². The summed E-state index contributed by atoms with van der Waals surface area (Å²) < 4.78 is 17.5. The fourth-order valence-corrected chi connectivity index (χ4v) is 4.50. The van der Waals surface area contributed by atoms with Crippen molar-refractivity contribution in [2.45, 2.75) is 6.04 Å². The van der Waals surface area contributed by atoms with Crippen molar-refractivity contribution in [3.63, 3.8) is 0 Å². The summed E-state index contributed by atoms with van der Waals surface area (Å²) in [6.45, 7) is 3.84. The van der Waals surface area contributed by atoms with Crippen molar-refractivity contribution in [2.75, 3.05) is 47.5 Å². The second-order valence-electron chi connectivity index (χ2n) is 5.75. The zero-order valence-corrected chi connectivity index (χ0v) is 16.2. The Bertz CT molecular complexity index is 716. The highest BCUT2D eigenvalue weighted by atomic mass is 35.5. The molecule has 0 amide bonds. The van der Waals surface area contributed by atoms with Crippen LogP contribution in [0.5, 0.6) is 17.2 Å². The number of thiophene rings is 1. The highest BCUT2D eigenvalue weighted by Gasteiger charge is 2.30. The van der Waals surface area contributed by atoms with Gasteiger partial charge in [0.25, 0.3) is 0 Å². The second-order valence-corrected chi connectivity index (χ2v) is 7.50. The Labute approximate surface area is 157 Å². The molecule has 0 aliphatic carbocycles. The Morgan fingerprint density at radius 3 is 2.28 bits per heavy atom. The van der Waals surface area contributed by atoms with E-state index in [4.69, 9.17) is 25.8 Å². The Morgan fingerprint density at radius 2 is 1.72 bits per heavy atom. The first-order valence-electron chi connectivity index (χ1n) is 8.18. The third-order valence-electron chi connectivity index (χ3n) is 4.41. The van der Waals surface area contributed by atoms with Crippen LogP contribution in [0.2, 0.25) is 4.34 Å². The van der Waals surface area contributed by atoms with Crippen molar-refractivity contribution < 1.29 is 14.2 Å². The SMILES string of the molecule is COc1ccc(C(c2ccc(Cl)s2)N2CCNCC2)c(OC)c1OC. The van der Waals surface area contributed by atoms with Crippen LogP contribution in [-0.2, 0) is 0 Å². The van der Waals surface area contributed by atoms with Gasteiger partial charge in [-0.05, 0) is 24.3 Å². The Kier molecular flexibility index (Phi) is 6.06. The number of hydrogen-bond acceptors (Lipinski definition) is 6. The van der Waals surface area contributed by atoms with Crippen LogP contribution < -0.4 is 19.5 Å².